The second-order valence-electron chi connectivity index (χ2n) is 5.29. The zero-order chi connectivity index (χ0) is 21.1. The highest BCUT2D eigenvalue weighted by atomic mass is 35.6. The van der Waals surface area contributed by atoms with Crippen molar-refractivity contribution in [3.8, 4) is 0 Å². The molecule has 150 valence electrons. The Hall–Kier alpha value is -0.370. The van der Waals surface area contributed by atoms with E-state index >= 15 is 0 Å². The van der Waals surface area contributed by atoms with Crippen molar-refractivity contribution in [3.05, 3.63) is 62.1 Å². The number of rotatable bonds is 4. The first-order chi connectivity index (χ1) is 13.0. The van der Waals surface area contributed by atoms with E-state index in [9.17, 15) is 4.79 Å². The van der Waals surface area contributed by atoms with Gasteiger partial charge in [-0.05, 0) is 48.6 Å². The van der Waals surface area contributed by atoms with Crippen molar-refractivity contribution in [2.24, 2.45) is 0 Å². The predicted octanol–water partition coefficient (Wildman–Crippen LogP) is 6.71. The van der Waals surface area contributed by atoms with Gasteiger partial charge in [0.1, 0.15) is 6.17 Å². The Morgan fingerprint density at radius 1 is 0.893 bits per heavy atom. The van der Waals surface area contributed by atoms with Gasteiger partial charge in [-0.2, -0.15) is 0 Å². The molecule has 1 unspecified atom stereocenters. The zero-order valence-corrected chi connectivity index (χ0v) is 19.6. The van der Waals surface area contributed by atoms with E-state index in [1.165, 1.54) is 18.2 Å². The van der Waals surface area contributed by atoms with Crippen LogP contribution < -0.4 is 16.0 Å². The molecule has 0 aliphatic rings. The minimum atomic E-state index is -1.95. The van der Waals surface area contributed by atoms with Gasteiger partial charge in [0.2, 0.25) is 3.79 Å². The van der Waals surface area contributed by atoms with Crippen molar-refractivity contribution in [1.82, 2.24) is 10.6 Å². The summed E-state index contributed by atoms with van der Waals surface area (Å²) < 4.78 is -1.95. The fourth-order valence-corrected chi connectivity index (χ4v) is 3.35. The Labute approximate surface area is 201 Å². The van der Waals surface area contributed by atoms with E-state index in [1.54, 1.807) is 18.2 Å². The number of amides is 1. The molecule has 1 atom stereocenters. The van der Waals surface area contributed by atoms with Crippen molar-refractivity contribution in [3.63, 3.8) is 0 Å². The van der Waals surface area contributed by atoms with Gasteiger partial charge in [0, 0.05) is 10.0 Å². The third-order valence-electron chi connectivity index (χ3n) is 3.23. The highest BCUT2D eigenvalue weighted by molar-refractivity contribution is 7.80. The molecule has 0 saturated carbocycles. The molecule has 0 aliphatic carbocycles. The summed E-state index contributed by atoms with van der Waals surface area (Å²) in [5.41, 5.74) is 0.575. The topological polar surface area (TPSA) is 53.2 Å². The smallest absolute Gasteiger partial charge is 0.254 e. The van der Waals surface area contributed by atoms with Crippen LogP contribution in [0.3, 0.4) is 0 Å². The number of benzene rings is 2. The molecule has 1 amide bonds. The van der Waals surface area contributed by atoms with Gasteiger partial charge in [0.25, 0.3) is 5.91 Å². The molecule has 0 heterocycles. The van der Waals surface area contributed by atoms with Crippen molar-refractivity contribution >= 4 is 110 Å². The Kier molecular flexibility index (Phi) is 8.62. The fraction of sp³-hybridized carbons (Fsp3) is 0.125. The molecule has 2 aromatic rings. The van der Waals surface area contributed by atoms with Gasteiger partial charge >= 0.3 is 0 Å². The molecule has 0 spiro atoms. The third kappa shape index (κ3) is 6.85. The maximum absolute atomic E-state index is 12.5. The summed E-state index contributed by atoms with van der Waals surface area (Å²) in [5, 5.41) is 9.40. The second-order valence-corrected chi connectivity index (χ2v) is 9.76. The van der Waals surface area contributed by atoms with Gasteiger partial charge in [-0.3, -0.25) is 4.79 Å². The first kappa shape index (κ1) is 23.9. The Bertz CT molecular complexity index is 904. The number of alkyl halides is 3. The van der Waals surface area contributed by atoms with E-state index in [2.05, 4.69) is 16.0 Å². The largest absolute Gasteiger partial charge is 0.339 e. The van der Waals surface area contributed by atoms with Gasteiger partial charge in [-0.15, -0.1) is 0 Å². The number of hydrogen-bond donors (Lipinski definition) is 3. The first-order valence-corrected chi connectivity index (χ1v) is 10.4. The van der Waals surface area contributed by atoms with Gasteiger partial charge in [0.15, 0.2) is 5.11 Å². The van der Waals surface area contributed by atoms with Crippen LogP contribution in [0, 0.1) is 0 Å². The van der Waals surface area contributed by atoms with E-state index in [0.717, 1.165) is 0 Å². The Morgan fingerprint density at radius 2 is 1.50 bits per heavy atom. The van der Waals surface area contributed by atoms with Crippen LogP contribution in [0.5, 0.6) is 0 Å². The van der Waals surface area contributed by atoms with Crippen LogP contribution in [-0.2, 0) is 0 Å². The summed E-state index contributed by atoms with van der Waals surface area (Å²) in [5.74, 6) is -0.603. The number of hydrogen-bond acceptors (Lipinski definition) is 2. The first-order valence-electron chi connectivity index (χ1n) is 7.32. The van der Waals surface area contributed by atoms with E-state index in [-0.39, 0.29) is 15.7 Å². The van der Waals surface area contributed by atoms with E-state index < -0.39 is 15.9 Å². The summed E-state index contributed by atoms with van der Waals surface area (Å²) in [4.78, 5) is 12.5. The van der Waals surface area contributed by atoms with Gasteiger partial charge in [0.05, 0.1) is 21.3 Å². The van der Waals surface area contributed by atoms with Crippen molar-refractivity contribution in [2.45, 2.75) is 9.96 Å². The minimum Gasteiger partial charge on any atom is -0.339 e. The molecule has 0 fully saturated rings. The number of anilines is 1. The number of carbonyl (C=O) groups excluding carboxylic acids is 1. The lowest BCUT2D eigenvalue weighted by atomic mass is 10.2. The molecule has 12 heteroatoms. The quantitative estimate of drug-likeness (QED) is 0.229. The summed E-state index contributed by atoms with van der Waals surface area (Å²) in [6.45, 7) is 0. The van der Waals surface area contributed by atoms with Crippen molar-refractivity contribution in [1.29, 1.82) is 0 Å². The van der Waals surface area contributed by atoms with Gasteiger partial charge < -0.3 is 16.0 Å². The van der Waals surface area contributed by atoms with Gasteiger partial charge in [-0.25, -0.2) is 0 Å². The lowest BCUT2D eigenvalue weighted by Crippen LogP contribution is -2.56. The third-order valence-corrected chi connectivity index (χ3v) is 5.22. The van der Waals surface area contributed by atoms with Crippen molar-refractivity contribution < 1.29 is 4.79 Å². The SMILES string of the molecule is O=C(NC(NC(=S)Nc1cc(Cl)ccc1Cl)C(Cl)(Cl)Cl)c1ccc(Cl)cc1Cl. The molecule has 0 bridgehead atoms. The van der Waals surface area contributed by atoms with Crippen LogP contribution in [0.4, 0.5) is 5.69 Å². The lowest BCUT2D eigenvalue weighted by Gasteiger charge is -2.28. The summed E-state index contributed by atoms with van der Waals surface area (Å²) in [6, 6.07) is 9.14. The Morgan fingerprint density at radius 3 is 2.11 bits per heavy atom. The number of carbonyl (C=O) groups is 1. The zero-order valence-electron chi connectivity index (χ0n) is 13.5. The predicted molar refractivity (Wildman–Crippen MR) is 124 cm³/mol. The summed E-state index contributed by atoms with van der Waals surface area (Å²) in [7, 11) is 0. The molecule has 0 radical (unpaired) electrons. The van der Waals surface area contributed by atoms with Crippen LogP contribution in [0.2, 0.25) is 20.1 Å². The number of halogens is 7. The normalized spacial score (nSPS) is 12.2. The molecular weight excluding hydrogens is 530 g/mol. The summed E-state index contributed by atoms with van der Waals surface area (Å²) in [6.07, 6.45) is -1.20. The molecule has 0 saturated heterocycles. The highest BCUT2D eigenvalue weighted by Crippen LogP contribution is 2.30. The standard InChI is InChI=1S/C16H10Cl7N3OS/c17-7-1-3-9(11(20)5-7)13(27)25-14(16(21,22)23)26-15(28)24-12-6-8(18)2-4-10(12)19/h1-6,14H,(H,25,27)(H2,24,26,28). The molecule has 3 N–H and O–H groups in total. The molecule has 28 heavy (non-hydrogen) atoms. The molecule has 2 aromatic carbocycles. The highest BCUT2D eigenvalue weighted by Gasteiger charge is 2.35. The Balaban J connectivity index is 2.14. The lowest BCUT2D eigenvalue weighted by molar-refractivity contribution is 0.0934. The van der Waals surface area contributed by atoms with Crippen LogP contribution in [0.25, 0.3) is 0 Å². The molecule has 4 nitrogen and oxygen atoms in total. The average Bonchev–Trinajstić information content (AvgIpc) is 2.56. The maximum atomic E-state index is 12.5. The minimum absolute atomic E-state index is 0.0306. The molecule has 0 aliphatic heterocycles. The van der Waals surface area contributed by atoms with Crippen LogP contribution >= 0.6 is 93.4 Å². The van der Waals surface area contributed by atoms with Gasteiger partial charge in [-0.1, -0.05) is 81.2 Å². The number of thiocarbonyl (C=S) groups is 1. The number of nitrogens with one attached hydrogen (secondary N) is 3. The molecule has 2 rings (SSSR count). The molecular formula is C16H10Cl7N3OS. The molecule has 0 aromatic heterocycles. The van der Waals surface area contributed by atoms with E-state index in [1.807, 2.05) is 0 Å². The fourth-order valence-electron chi connectivity index (χ4n) is 1.96. The van der Waals surface area contributed by atoms with Crippen LogP contribution in [-0.4, -0.2) is 21.0 Å². The van der Waals surface area contributed by atoms with Crippen LogP contribution in [0.15, 0.2) is 36.4 Å². The summed E-state index contributed by atoms with van der Waals surface area (Å²) >= 11 is 47.0. The van der Waals surface area contributed by atoms with Crippen LogP contribution in [0.1, 0.15) is 10.4 Å². The maximum Gasteiger partial charge on any atom is 0.254 e. The van der Waals surface area contributed by atoms with E-state index in [4.69, 9.17) is 93.4 Å². The van der Waals surface area contributed by atoms with Crippen molar-refractivity contribution in [2.75, 3.05) is 5.32 Å². The second kappa shape index (κ2) is 10.1. The average molecular weight is 541 g/mol. The monoisotopic (exact) mass is 537 g/mol. The van der Waals surface area contributed by atoms with E-state index in [0.29, 0.717) is 20.8 Å².